The van der Waals surface area contributed by atoms with Gasteiger partial charge in [-0.25, -0.2) is 4.68 Å². The summed E-state index contributed by atoms with van der Waals surface area (Å²) in [5.41, 5.74) is 3.63. The van der Waals surface area contributed by atoms with Gasteiger partial charge in [0.1, 0.15) is 5.75 Å². The Morgan fingerprint density at radius 1 is 1.21 bits per heavy atom. The summed E-state index contributed by atoms with van der Waals surface area (Å²) in [6, 6.07) is 17.2. The summed E-state index contributed by atoms with van der Waals surface area (Å²) < 4.78 is 12.5. The van der Waals surface area contributed by atoms with E-state index >= 15 is 0 Å². The highest BCUT2D eigenvalue weighted by molar-refractivity contribution is 6.03. The normalized spacial score (nSPS) is 16.9. The molecule has 1 aliphatic heterocycles. The molecule has 1 saturated heterocycles. The Morgan fingerprint density at radius 3 is 2.62 bits per heavy atom. The number of ether oxygens (including phenoxy) is 2. The van der Waals surface area contributed by atoms with Crippen molar-refractivity contribution < 1.29 is 9.47 Å². The predicted molar refractivity (Wildman–Crippen MR) is 114 cm³/mol. The van der Waals surface area contributed by atoms with E-state index in [1.807, 2.05) is 61.5 Å². The van der Waals surface area contributed by atoms with Crippen molar-refractivity contribution in [3.8, 4) is 22.7 Å². The van der Waals surface area contributed by atoms with E-state index in [4.69, 9.17) is 14.5 Å². The highest BCUT2D eigenvalue weighted by Crippen LogP contribution is 2.22. The number of methoxy groups -OCH3 is 1. The van der Waals surface area contributed by atoms with Crippen molar-refractivity contribution in [2.45, 2.75) is 25.9 Å². The molecular formula is C23H25N3O3. The molecule has 3 aromatic rings. The number of rotatable bonds is 6. The van der Waals surface area contributed by atoms with Crippen LogP contribution in [0.25, 0.3) is 16.9 Å². The minimum atomic E-state index is -0.123. The molecule has 0 radical (unpaired) electrons. The fourth-order valence-corrected chi connectivity index (χ4v) is 3.61. The zero-order chi connectivity index (χ0) is 20.2. The molecule has 1 N–H and O–H groups in total. The molecule has 0 aliphatic carbocycles. The van der Waals surface area contributed by atoms with Crippen LogP contribution in [0.3, 0.4) is 0 Å². The number of aliphatic imine (C=N–C) groups is 1. The van der Waals surface area contributed by atoms with Crippen LogP contribution < -0.4 is 10.3 Å². The van der Waals surface area contributed by atoms with Crippen molar-refractivity contribution in [1.29, 1.82) is 0 Å². The lowest BCUT2D eigenvalue weighted by Gasteiger charge is -2.07. The molecule has 0 spiro atoms. The molecule has 0 amide bonds. The summed E-state index contributed by atoms with van der Waals surface area (Å²) in [6.45, 7) is 3.26. The first-order valence-electron chi connectivity index (χ1n) is 9.85. The Hall–Kier alpha value is -3.12. The molecule has 2 heterocycles. The number of benzene rings is 2. The highest BCUT2D eigenvalue weighted by Gasteiger charge is 2.20. The van der Waals surface area contributed by atoms with Gasteiger partial charge in [-0.2, -0.15) is 0 Å². The molecule has 1 fully saturated rings. The molecule has 6 nitrogen and oxygen atoms in total. The van der Waals surface area contributed by atoms with E-state index in [-0.39, 0.29) is 11.7 Å². The molecule has 6 heteroatoms. The lowest BCUT2D eigenvalue weighted by atomic mass is 10.1. The zero-order valence-electron chi connectivity index (χ0n) is 16.7. The van der Waals surface area contributed by atoms with Crippen molar-refractivity contribution in [2.24, 2.45) is 4.99 Å². The molecule has 4 rings (SSSR count). The lowest BCUT2D eigenvalue weighted by molar-refractivity contribution is 0.118. The standard InChI is InChI=1S/C23H25N3O3/c1-16(24-15-20-9-6-14-29-20)21-22(17-7-4-3-5-8-17)25-26(23(21)27)18-10-12-19(28-2)13-11-18/h3-5,7-8,10-13,20,25H,6,9,14-15H2,1-2H3/t20-/m0/s1. The van der Waals surface area contributed by atoms with Gasteiger partial charge in [-0.1, -0.05) is 30.3 Å². The van der Waals surface area contributed by atoms with E-state index in [0.29, 0.717) is 17.8 Å². The average Bonchev–Trinajstić information content (AvgIpc) is 3.40. The quantitative estimate of drug-likeness (QED) is 0.650. The van der Waals surface area contributed by atoms with Crippen LogP contribution in [-0.2, 0) is 4.74 Å². The van der Waals surface area contributed by atoms with E-state index < -0.39 is 0 Å². The summed E-state index contributed by atoms with van der Waals surface area (Å²) in [7, 11) is 1.62. The monoisotopic (exact) mass is 391 g/mol. The Kier molecular flexibility index (Phi) is 5.62. The van der Waals surface area contributed by atoms with Crippen molar-refractivity contribution in [3.05, 3.63) is 70.5 Å². The summed E-state index contributed by atoms with van der Waals surface area (Å²) in [4.78, 5) is 18.0. The van der Waals surface area contributed by atoms with E-state index in [0.717, 1.165) is 42.1 Å². The molecule has 0 unspecified atom stereocenters. The van der Waals surface area contributed by atoms with E-state index in [1.165, 1.54) is 0 Å². The number of aromatic amines is 1. The lowest BCUT2D eigenvalue weighted by Crippen LogP contribution is -2.20. The second-order valence-corrected chi connectivity index (χ2v) is 7.13. The molecule has 2 aromatic carbocycles. The Morgan fingerprint density at radius 2 is 1.97 bits per heavy atom. The van der Waals surface area contributed by atoms with E-state index in [1.54, 1.807) is 11.8 Å². The molecule has 29 heavy (non-hydrogen) atoms. The largest absolute Gasteiger partial charge is 0.497 e. The number of hydrogen-bond donors (Lipinski definition) is 1. The first kappa shape index (κ1) is 19.2. The van der Waals surface area contributed by atoms with Crippen LogP contribution >= 0.6 is 0 Å². The van der Waals surface area contributed by atoms with Crippen LogP contribution in [0, 0.1) is 0 Å². The van der Waals surface area contributed by atoms with Gasteiger partial charge < -0.3 is 9.47 Å². The second-order valence-electron chi connectivity index (χ2n) is 7.13. The molecule has 1 atom stereocenters. The zero-order valence-corrected chi connectivity index (χ0v) is 16.7. The molecular weight excluding hydrogens is 366 g/mol. The topological polar surface area (TPSA) is 68.6 Å². The first-order chi connectivity index (χ1) is 14.2. The number of aromatic nitrogens is 2. The van der Waals surface area contributed by atoms with Crippen molar-refractivity contribution >= 4 is 5.71 Å². The predicted octanol–water partition coefficient (Wildman–Crippen LogP) is 3.83. The summed E-state index contributed by atoms with van der Waals surface area (Å²) in [6.07, 6.45) is 2.24. The molecule has 0 bridgehead atoms. The molecule has 150 valence electrons. The van der Waals surface area contributed by atoms with Crippen LogP contribution in [0.15, 0.2) is 64.4 Å². The Bertz CT molecular complexity index is 1040. The smallest absolute Gasteiger partial charge is 0.280 e. The molecule has 1 aliphatic rings. The van der Waals surface area contributed by atoms with Gasteiger partial charge in [-0.15, -0.1) is 0 Å². The van der Waals surface area contributed by atoms with Crippen LogP contribution in [0.4, 0.5) is 0 Å². The van der Waals surface area contributed by atoms with Gasteiger partial charge in [-0.3, -0.25) is 14.9 Å². The SMILES string of the molecule is COc1ccc(-n2[nH]c(-c3ccccc3)c(C(C)=NC[C@@H]3CCCO3)c2=O)cc1. The Balaban J connectivity index is 1.78. The Labute approximate surface area is 169 Å². The fraction of sp³-hybridized carbons (Fsp3) is 0.304. The third kappa shape index (κ3) is 4.03. The van der Waals surface area contributed by atoms with Crippen molar-refractivity contribution in [2.75, 3.05) is 20.3 Å². The number of hydrogen-bond acceptors (Lipinski definition) is 4. The molecule has 1 aromatic heterocycles. The third-order valence-corrected chi connectivity index (χ3v) is 5.20. The van der Waals surface area contributed by atoms with Gasteiger partial charge in [0.05, 0.1) is 36.7 Å². The minimum Gasteiger partial charge on any atom is -0.497 e. The van der Waals surface area contributed by atoms with Crippen LogP contribution in [0.2, 0.25) is 0 Å². The average molecular weight is 391 g/mol. The van der Waals surface area contributed by atoms with Gasteiger partial charge in [-0.05, 0) is 44.0 Å². The summed E-state index contributed by atoms with van der Waals surface area (Å²) in [5.74, 6) is 0.742. The van der Waals surface area contributed by atoms with Gasteiger partial charge in [0, 0.05) is 17.9 Å². The molecule has 0 saturated carbocycles. The van der Waals surface area contributed by atoms with Crippen LogP contribution in [0.1, 0.15) is 25.3 Å². The number of H-pyrrole nitrogens is 1. The van der Waals surface area contributed by atoms with Gasteiger partial charge >= 0.3 is 0 Å². The van der Waals surface area contributed by atoms with Crippen molar-refractivity contribution in [3.63, 3.8) is 0 Å². The second kappa shape index (κ2) is 8.49. The van der Waals surface area contributed by atoms with E-state index in [9.17, 15) is 4.79 Å². The van der Waals surface area contributed by atoms with Crippen LogP contribution in [-0.4, -0.2) is 41.9 Å². The maximum Gasteiger partial charge on any atom is 0.280 e. The third-order valence-electron chi connectivity index (χ3n) is 5.20. The first-order valence-corrected chi connectivity index (χ1v) is 9.85. The van der Waals surface area contributed by atoms with Gasteiger partial charge in [0.25, 0.3) is 5.56 Å². The van der Waals surface area contributed by atoms with Crippen molar-refractivity contribution in [1.82, 2.24) is 9.78 Å². The van der Waals surface area contributed by atoms with E-state index in [2.05, 4.69) is 5.10 Å². The van der Waals surface area contributed by atoms with Crippen LogP contribution in [0.5, 0.6) is 5.75 Å². The number of nitrogens with zero attached hydrogens (tertiary/aromatic N) is 2. The highest BCUT2D eigenvalue weighted by atomic mass is 16.5. The maximum absolute atomic E-state index is 13.3. The number of nitrogens with one attached hydrogen (secondary N) is 1. The van der Waals surface area contributed by atoms with Gasteiger partial charge in [0.2, 0.25) is 0 Å². The summed E-state index contributed by atoms with van der Waals surface area (Å²) in [5, 5.41) is 3.28. The van der Waals surface area contributed by atoms with Gasteiger partial charge in [0.15, 0.2) is 0 Å². The fourth-order valence-electron chi connectivity index (χ4n) is 3.61. The minimum absolute atomic E-state index is 0.123. The maximum atomic E-state index is 13.3. The summed E-state index contributed by atoms with van der Waals surface area (Å²) >= 11 is 0.